The monoisotopic (exact) mass is 556 g/mol. The number of benzene rings is 3. The second kappa shape index (κ2) is 15.3. The summed E-state index contributed by atoms with van der Waals surface area (Å²) in [5, 5.41) is 2.81. The summed E-state index contributed by atoms with van der Waals surface area (Å²) < 4.78 is 11.4. The number of anilines is 1. The number of esters is 1. The van der Waals surface area contributed by atoms with E-state index in [0.29, 0.717) is 48.3 Å². The SMILES string of the molecule is CCC[C@H](NC(=O)c1ccc(Oc2ccc(N(CCCl)CCCl)c(C)c2)cc1)C(=O)OCc1ccccc1. The second-order valence-electron chi connectivity index (χ2n) is 8.85. The highest BCUT2D eigenvalue weighted by atomic mass is 35.5. The molecule has 0 heterocycles. The number of amides is 1. The fourth-order valence-electron chi connectivity index (χ4n) is 4.02. The zero-order chi connectivity index (χ0) is 27.3. The van der Waals surface area contributed by atoms with Gasteiger partial charge in [-0.25, -0.2) is 4.79 Å². The maximum Gasteiger partial charge on any atom is 0.328 e. The molecule has 0 aliphatic heterocycles. The average Bonchev–Trinajstić information content (AvgIpc) is 2.92. The molecule has 3 aromatic carbocycles. The van der Waals surface area contributed by atoms with Crippen molar-refractivity contribution in [2.45, 2.75) is 39.3 Å². The molecule has 0 fully saturated rings. The molecular formula is C30H34Cl2N2O4. The normalized spacial score (nSPS) is 11.5. The van der Waals surface area contributed by atoms with Crippen LogP contribution in [0.4, 0.5) is 5.69 Å². The Hall–Kier alpha value is -3.22. The molecule has 0 aliphatic rings. The average molecular weight is 558 g/mol. The van der Waals surface area contributed by atoms with Gasteiger partial charge in [0.2, 0.25) is 0 Å². The predicted octanol–water partition coefficient (Wildman–Crippen LogP) is 6.71. The van der Waals surface area contributed by atoms with E-state index in [1.54, 1.807) is 24.3 Å². The first-order valence-electron chi connectivity index (χ1n) is 12.7. The summed E-state index contributed by atoms with van der Waals surface area (Å²) in [5.74, 6) is 1.53. The highest BCUT2D eigenvalue weighted by molar-refractivity contribution is 6.18. The van der Waals surface area contributed by atoms with Crippen molar-refractivity contribution in [2.75, 3.05) is 29.7 Å². The third-order valence-corrected chi connectivity index (χ3v) is 6.30. The van der Waals surface area contributed by atoms with Gasteiger partial charge in [-0.1, -0.05) is 43.7 Å². The third-order valence-electron chi connectivity index (χ3n) is 5.96. The van der Waals surface area contributed by atoms with Crippen LogP contribution in [0, 0.1) is 6.92 Å². The zero-order valence-electron chi connectivity index (χ0n) is 21.8. The Labute approximate surface area is 234 Å². The Morgan fingerprint density at radius 1 is 0.921 bits per heavy atom. The van der Waals surface area contributed by atoms with Gasteiger partial charge in [0.05, 0.1) is 0 Å². The lowest BCUT2D eigenvalue weighted by molar-refractivity contribution is -0.147. The van der Waals surface area contributed by atoms with E-state index in [2.05, 4.69) is 10.2 Å². The number of nitrogens with one attached hydrogen (secondary N) is 1. The fourth-order valence-corrected chi connectivity index (χ4v) is 4.43. The third kappa shape index (κ3) is 8.67. The van der Waals surface area contributed by atoms with Crippen LogP contribution in [0.1, 0.15) is 41.3 Å². The number of halogens is 2. The summed E-state index contributed by atoms with van der Waals surface area (Å²) in [6.07, 6.45) is 1.22. The number of hydrogen-bond donors (Lipinski definition) is 1. The van der Waals surface area contributed by atoms with Gasteiger partial charge in [0.1, 0.15) is 24.1 Å². The van der Waals surface area contributed by atoms with E-state index in [9.17, 15) is 9.59 Å². The van der Waals surface area contributed by atoms with E-state index in [-0.39, 0.29) is 12.5 Å². The quantitative estimate of drug-likeness (QED) is 0.176. The first-order chi connectivity index (χ1) is 18.4. The summed E-state index contributed by atoms with van der Waals surface area (Å²) in [6.45, 7) is 5.56. The molecule has 1 amide bonds. The first-order valence-corrected chi connectivity index (χ1v) is 13.8. The standard InChI is InChI=1S/C30H34Cl2N2O4/c1-3-7-27(30(36)37-21-23-8-5-4-6-9-23)33-29(35)24-10-12-25(13-11-24)38-26-14-15-28(22(2)20-26)34(18-16-31)19-17-32/h4-6,8-15,20,27H,3,7,16-19,21H2,1-2H3,(H,33,35)/t27-/m0/s1. The van der Waals surface area contributed by atoms with Crippen LogP contribution < -0.4 is 15.0 Å². The number of rotatable bonds is 14. The van der Waals surface area contributed by atoms with Gasteiger partial charge in [-0.2, -0.15) is 0 Å². The van der Waals surface area contributed by atoms with Crippen molar-refractivity contribution in [3.8, 4) is 11.5 Å². The van der Waals surface area contributed by atoms with Crippen LogP contribution >= 0.6 is 23.2 Å². The van der Waals surface area contributed by atoms with Crippen molar-refractivity contribution < 1.29 is 19.1 Å². The van der Waals surface area contributed by atoms with Gasteiger partial charge in [-0.3, -0.25) is 4.79 Å². The van der Waals surface area contributed by atoms with E-state index >= 15 is 0 Å². The molecule has 1 atom stereocenters. The van der Waals surface area contributed by atoms with Crippen LogP contribution in [0.15, 0.2) is 72.8 Å². The second-order valence-corrected chi connectivity index (χ2v) is 9.60. The Bertz CT molecular complexity index is 1170. The van der Waals surface area contributed by atoms with Crippen molar-refractivity contribution in [1.82, 2.24) is 5.32 Å². The van der Waals surface area contributed by atoms with Crippen LogP contribution in [0.25, 0.3) is 0 Å². The van der Waals surface area contributed by atoms with Gasteiger partial charge in [-0.05, 0) is 66.9 Å². The lowest BCUT2D eigenvalue weighted by Gasteiger charge is -2.25. The summed E-state index contributed by atoms with van der Waals surface area (Å²) in [6, 6.07) is 21.4. The molecule has 8 heteroatoms. The Balaban J connectivity index is 1.60. The molecule has 0 aromatic heterocycles. The molecular weight excluding hydrogens is 523 g/mol. The van der Waals surface area contributed by atoms with Gasteiger partial charge >= 0.3 is 5.97 Å². The largest absolute Gasteiger partial charge is 0.459 e. The fraction of sp³-hybridized carbons (Fsp3) is 0.333. The van der Waals surface area contributed by atoms with Gasteiger partial charge in [0, 0.05) is 36.1 Å². The van der Waals surface area contributed by atoms with E-state index in [4.69, 9.17) is 32.7 Å². The minimum Gasteiger partial charge on any atom is -0.459 e. The van der Waals surface area contributed by atoms with Crippen molar-refractivity contribution in [3.05, 3.63) is 89.5 Å². The number of nitrogens with zero attached hydrogens (tertiary/aromatic N) is 1. The van der Waals surface area contributed by atoms with E-state index < -0.39 is 12.0 Å². The van der Waals surface area contributed by atoms with Gasteiger partial charge in [0.15, 0.2) is 0 Å². The molecule has 0 spiro atoms. The molecule has 0 unspecified atom stereocenters. The molecule has 0 radical (unpaired) electrons. The number of carbonyl (C=O) groups excluding carboxylic acids is 2. The molecule has 1 N–H and O–H groups in total. The van der Waals surface area contributed by atoms with Crippen molar-refractivity contribution >= 4 is 40.8 Å². The summed E-state index contributed by atoms with van der Waals surface area (Å²) in [4.78, 5) is 27.6. The van der Waals surface area contributed by atoms with E-state index in [1.165, 1.54) is 0 Å². The lowest BCUT2D eigenvalue weighted by atomic mass is 10.1. The summed E-state index contributed by atoms with van der Waals surface area (Å²) in [7, 11) is 0. The number of alkyl halides is 2. The number of hydrogen-bond acceptors (Lipinski definition) is 5. The highest BCUT2D eigenvalue weighted by Gasteiger charge is 2.22. The molecule has 0 aliphatic carbocycles. The first kappa shape index (κ1) is 29.3. The van der Waals surface area contributed by atoms with Crippen molar-refractivity contribution in [3.63, 3.8) is 0 Å². The van der Waals surface area contributed by atoms with Gasteiger partial charge in [-0.15, -0.1) is 23.2 Å². The molecule has 202 valence electrons. The summed E-state index contributed by atoms with van der Waals surface area (Å²) in [5.41, 5.74) is 3.44. The van der Waals surface area contributed by atoms with Crippen molar-refractivity contribution in [1.29, 1.82) is 0 Å². The number of aryl methyl sites for hydroxylation is 1. The smallest absolute Gasteiger partial charge is 0.328 e. The molecule has 0 saturated carbocycles. The minimum absolute atomic E-state index is 0.166. The Kier molecular flexibility index (Phi) is 11.8. The van der Waals surface area contributed by atoms with Crippen LogP contribution in [-0.4, -0.2) is 42.8 Å². The molecule has 3 aromatic rings. The lowest BCUT2D eigenvalue weighted by Crippen LogP contribution is -2.41. The Morgan fingerprint density at radius 3 is 2.18 bits per heavy atom. The number of carbonyl (C=O) groups is 2. The predicted molar refractivity (Wildman–Crippen MR) is 154 cm³/mol. The molecule has 3 rings (SSSR count). The molecule has 6 nitrogen and oxygen atoms in total. The van der Waals surface area contributed by atoms with Crippen LogP contribution in [-0.2, 0) is 16.1 Å². The maximum atomic E-state index is 12.8. The van der Waals surface area contributed by atoms with Crippen LogP contribution in [0.5, 0.6) is 11.5 Å². The molecule has 0 bridgehead atoms. The zero-order valence-corrected chi connectivity index (χ0v) is 23.3. The molecule has 38 heavy (non-hydrogen) atoms. The summed E-state index contributed by atoms with van der Waals surface area (Å²) >= 11 is 11.9. The highest BCUT2D eigenvalue weighted by Crippen LogP contribution is 2.28. The minimum atomic E-state index is -0.717. The Morgan fingerprint density at radius 2 is 1.58 bits per heavy atom. The topological polar surface area (TPSA) is 67.9 Å². The van der Waals surface area contributed by atoms with E-state index in [0.717, 1.165) is 23.2 Å². The van der Waals surface area contributed by atoms with Gasteiger partial charge in [0.25, 0.3) is 5.91 Å². The van der Waals surface area contributed by atoms with Crippen LogP contribution in [0.2, 0.25) is 0 Å². The molecule has 0 saturated heterocycles. The van der Waals surface area contributed by atoms with E-state index in [1.807, 2.05) is 62.4 Å². The van der Waals surface area contributed by atoms with Gasteiger partial charge < -0.3 is 19.7 Å². The van der Waals surface area contributed by atoms with Crippen LogP contribution in [0.3, 0.4) is 0 Å². The van der Waals surface area contributed by atoms with Crippen molar-refractivity contribution in [2.24, 2.45) is 0 Å². The maximum absolute atomic E-state index is 12.8. The number of ether oxygens (including phenoxy) is 2.